The quantitative estimate of drug-likeness (QED) is 0.533. The van der Waals surface area contributed by atoms with Gasteiger partial charge in [0, 0.05) is 38.3 Å². The molecular weight excluding hydrogens is 332 g/mol. The van der Waals surface area contributed by atoms with Gasteiger partial charge in [-0.15, -0.1) is 0 Å². The lowest BCUT2D eigenvalue weighted by atomic mass is 9.97. The third-order valence-corrected chi connectivity index (χ3v) is 5.44. The summed E-state index contributed by atoms with van der Waals surface area (Å²) in [4.78, 5) is 7.15. The number of aromatic nitrogens is 3. The number of fused-ring (bicyclic) bond motifs is 4. The molecule has 0 spiro atoms. The highest BCUT2D eigenvalue weighted by Gasteiger charge is 2.19. The van der Waals surface area contributed by atoms with E-state index in [1.165, 1.54) is 27.8 Å². The Labute approximate surface area is 159 Å². The van der Waals surface area contributed by atoms with Crippen molar-refractivity contribution in [2.45, 2.75) is 26.6 Å². The molecule has 0 amide bonds. The molecule has 2 aromatic heterocycles. The van der Waals surface area contributed by atoms with E-state index in [0.29, 0.717) is 0 Å². The lowest BCUT2D eigenvalue weighted by Gasteiger charge is -2.21. The van der Waals surface area contributed by atoms with Gasteiger partial charge in [-0.2, -0.15) is 5.10 Å². The number of rotatable bonds is 2. The first-order chi connectivity index (χ1) is 13.2. The minimum absolute atomic E-state index is 0.875. The summed E-state index contributed by atoms with van der Waals surface area (Å²) in [6.07, 6.45) is 1.99. The fraction of sp³-hybridized carbons (Fsp3) is 0.217. The van der Waals surface area contributed by atoms with Crippen LogP contribution in [0.15, 0.2) is 60.8 Å². The third-order valence-electron chi connectivity index (χ3n) is 5.44. The van der Waals surface area contributed by atoms with Gasteiger partial charge >= 0.3 is 0 Å². The Kier molecular flexibility index (Phi) is 3.80. The fourth-order valence-corrected chi connectivity index (χ4v) is 4.19. The molecule has 0 bridgehead atoms. The van der Waals surface area contributed by atoms with E-state index < -0.39 is 0 Å². The van der Waals surface area contributed by atoms with Gasteiger partial charge in [0.1, 0.15) is 0 Å². The molecule has 4 aromatic rings. The summed E-state index contributed by atoms with van der Waals surface area (Å²) in [5.74, 6) is 0. The molecule has 4 heteroatoms. The van der Waals surface area contributed by atoms with E-state index in [-0.39, 0.29) is 0 Å². The van der Waals surface area contributed by atoms with Crippen LogP contribution < -0.4 is 0 Å². The Balaban J connectivity index is 1.52. The number of benzene rings is 2. The Morgan fingerprint density at radius 1 is 0.926 bits per heavy atom. The molecule has 0 radical (unpaired) electrons. The van der Waals surface area contributed by atoms with Crippen LogP contribution in [0.4, 0.5) is 0 Å². The van der Waals surface area contributed by atoms with Gasteiger partial charge in [0.25, 0.3) is 0 Å². The van der Waals surface area contributed by atoms with Crippen LogP contribution in [0.3, 0.4) is 0 Å². The number of hydrogen-bond donors (Lipinski definition) is 0. The smallest absolute Gasteiger partial charge is 0.157 e. The maximum absolute atomic E-state index is 4.65. The second kappa shape index (κ2) is 6.32. The summed E-state index contributed by atoms with van der Waals surface area (Å²) in [7, 11) is 1.95. The van der Waals surface area contributed by atoms with Crippen molar-refractivity contribution in [3.05, 3.63) is 83.2 Å². The normalized spacial score (nSPS) is 14.0. The second-order valence-corrected chi connectivity index (χ2v) is 7.38. The van der Waals surface area contributed by atoms with Crippen LogP contribution in [0, 0.1) is 6.92 Å². The second-order valence-electron chi connectivity index (χ2n) is 7.38. The molecule has 0 atom stereocenters. The zero-order valence-electron chi connectivity index (χ0n) is 15.7. The zero-order chi connectivity index (χ0) is 18.4. The van der Waals surface area contributed by atoms with Gasteiger partial charge in [-0.05, 0) is 40.8 Å². The summed E-state index contributed by atoms with van der Waals surface area (Å²) in [6.45, 7) is 4.80. The molecule has 0 N–H and O–H groups in total. The minimum Gasteiger partial charge on any atom is -0.290 e. The summed E-state index contributed by atoms with van der Waals surface area (Å²) in [5.41, 5.74) is 8.69. The summed E-state index contributed by atoms with van der Waals surface area (Å²) >= 11 is 0. The third kappa shape index (κ3) is 2.82. The summed E-state index contributed by atoms with van der Waals surface area (Å²) in [6, 6.07) is 19.8. The molecule has 27 heavy (non-hydrogen) atoms. The van der Waals surface area contributed by atoms with Crippen LogP contribution in [-0.4, -0.2) is 19.7 Å². The van der Waals surface area contributed by atoms with Crippen LogP contribution in [0.25, 0.3) is 22.2 Å². The predicted molar refractivity (Wildman–Crippen MR) is 108 cm³/mol. The SMILES string of the molecule is Cc1nn(C)c2ncc(CN3Cc4ccccc4-c4ccccc4C3)cc12. The maximum Gasteiger partial charge on any atom is 0.157 e. The number of hydrogen-bond acceptors (Lipinski definition) is 3. The monoisotopic (exact) mass is 354 g/mol. The standard InChI is InChI=1S/C23H22N4/c1-16-22-11-17(12-24-23(22)26(2)25-16)13-27-14-18-7-3-5-9-20(18)21-10-6-4-8-19(21)15-27/h3-12H,13-15H2,1-2H3. The van der Waals surface area contributed by atoms with Gasteiger partial charge in [0.05, 0.1) is 5.69 Å². The lowest BCUT2D eigenvalue weighted by molar-refractivity contribution is 0.250. The van der Waals surface area contributed by atoms with Gasteiger partial charge < -0.3 is 0 Å². The predicted octanol–water partition coefficient (Wildman–Crippen LogP) is 4.46. The highest BCUT2D eigenvalue weighted by molar-refractivity contribution is 5.78. The van der Waals surface area contributed by atoms with Crippen LogP contribution in [-0.2, 0) is 26.7 Å². The van der Waals surface area contributed by atoms with Crippen molar-refractivity contribution in [2.75, 3.05) is 0 Å². The average Bonchev–Trinajstić information content (AvgIpc) is 2.86. The molecule has 1 aliphatic rings. The van der Waals surface area contributed by atoms with Crippen molar-refractivity contribution in [3.63, 3.8) is 0 Å². The van der Waals surface area contributed by atoms with Gasteiger partial charge in [0.2, 0.25) is 0 Å². The van der Waals surface area contributed by atoms with Crippen molar-refractivity contribution in [2.24, 2.45) is 7.05 Å². The topological polar surface area (TPSA) is 34.0 Å². The molecule has 3 heterocycles. The van der Waals surface area contributed by atoms with Crippen molar-refractivity contribution < 1.29 is 0 Å². The first-order valence-corrected chi connectivity index (χ1v) is 9.36. The van der Waals surface area contributed by atoms with Crippen LogP contribution in [0.1, 0.15) is 22.4 Å². The molecule has 0 aliphatic carbocycles. The van der Waals surface area contributed by atoms with E-state index >= 15 is 0 Å². The summed E-state index contributed by atoms with van der Waals surface area (Å²) in [5, 5.41) is 5.64. The van der Waals surface area contributed by atoms with E-state index in [0.717, 1.165) is 36.4 Å². The zero-order valence-corrected chi connectivity index (χ0v) is 15.7. The molecule has 0 saturated heterocycles. The van der Waals surface area contributed by atoms with Gasteiger partial charge in [-0.3, -0.25) is 9.58 Å². The number of pyridine rings is 1. The molecule has 0 unspecified atom stereocenters. The van der Waals surface area contributed by atoms with Gasteiger partial charge in [0.15, 0.2) is 5.65 Å². The Bertz CT molecular complexity index is 1090. The van der Waals surface area contributed by atoms with Crippen LogP contribution in [0.5, 0.6) is 0 Å². The van der Waals surface area contributed by atoms with E-state index in [2.05, 4.69) is 69.6 Å². The Hall–Kier alpha value is -2.98. The minimum atomic E-state index is 0.875. The molecule has 2 aromatic carbocycles. The maximum atomic E-state index is 4.65. The summed E-state index contributed by atoms with van der Waals surface area (Å²) < 4.78 is 1.85. The molecule has 134 valence electrons. The fourth-order valence-electron chi connectivity index (χ4n) is 4.19. The van der Waals surface area contributed by atoms with Gasteiger partial charge in [-0.1, -0.05) is 48.5 Å². The first-order valence-electron chi connectivity index (χ1n) is 9.36. The molecule has 5 rings (SSSR count). The van der Waals surface area contributed by atoms with Crippen molar-refractivity contribution in [1.82, 2.24) is 19.7 Å². The first kappa shape index (κ1) is 16.2. The van der Waals surface area contributed by atoms with Crippen LogP contribution in [0.2, 0.25) is 0 Å². The Morgan fingerprint density at radius 3 is 2.22 bits per heavy atom. The van der Waals surface area contributed by atoms with Crippen molar-refractivity contribution in [3.8, 4) is 11.1 Å². The lowest BCUT2D eigenvalue weighted by Crippen LogP contribution is -2.21. The highest BCUT2D eigenvalue weighted by atomic mass is 15.3. The van der Waals surface area contributed by atoms with Crippen molar-refractivity contribution >= 4 is 11.0 Å². The Morgan fingerprint density at radius 2 is 1.56 bits per heavy atom. The molecular formula is C23H22N4. The molecule has 0 saturated carbocycles. The van der Waals surface area contributed by atoms with E-state index in [1.54, 1.807) is 0 Å². The van der Waals surface area contributed by atoms with Crippen LogP contribution >= 0.6 is 0 Å². The van der Waals surface area contributed by atoms with E-state index in [4.69, 9.17) is 0 Å². The molecule has 4 nitrogen and oxygen atoms in total. The highest BCUT2D eigenvalue weighted by Crippen LogP contribution is 2.33. The van der Waals surface area contributed by atoms with Gasteiger partial charge in [-0.25, -0.2) is 4.98 Å². The number of nitrogens with zero attached hydrogens (tertiary/aromatic N) is 4. The molecule has 0 fully saturated rings. The average molecular weight is 354 g/mol. The number of aryl methyl sites for hydroxylation is 2. The molecule has 1 aliphatic heterocycles. The van der Waals surface area contributed by atoms with Crippen molar-refractivity contribution in [1.29, 1.82) is 0 Å². The van der Waals surface area contributed by atoms with E-state index in [9.17, 15) is 0 Å². The largest absolute Gasteiger partial charge is 0.290 e. The van der Waals surface area contributed by atoms with E-state index in [1.807, 2.05) is 24.9 Å².